The van der Waals surface area contributed by atoms with E-state index in [1.54, 1.807) is 24.3 Å². The van der Waals surface area contributed by atoms with Crippen molar-refractivity contribution >= 4 is 23.2 Å². The fraction of sp³-hybridized carbons (Fsp3) is 0.321. The first kappa shape index (κ1) is 23.8. The van der Waals surface area contributed by atoms with Crippen LogP contribution in [0.2, 0.25) is 0 Å². The minimum Gasteiger partial charge on any atom is -0.493 e. The number of rotatable bonds is 6. The third kappa shape index (κ3) is 4.51. The van der Waals surface area contributed by atoms with Crippen molar-refractivity contribution < 1.29 is 33.0 Å². The Morgan fingerprint density at radius 2 is 1.64 bits per heavy atom. The van der Waals surface area contributed by atoms with Gasteiger partial charge in [-0.2, -0.15) is 0 Å². The van der Waals surface area contributed by atoms with E-state index in [1.165, 1.54) is 25.3 Å². The van der Waals surface area contributed by atoms with Gasteiger partial charge in [0.2, 0.25) is 0 Å². The molecule has 2 aromatic rings. The second-order valence-corrected chi connectivity index (χ2v) is 8.99. The number of carbonyl (C=O) groups excluding carboxylic acids is 3. The molecule has 5 rings (SSSR count). The molecule has 2 aromatic carbocycles. The van der Waals surface area contributed by atoms with E-state index in [0.29, 0.717) is 59.8 Å². The first-order valence-corrected chi connectivity index (χ1v) is 12.0. The second kappa shape index (κ2) is 9.97. The van der Waals surface area contributed by atoms with Crippen LogP contribution in [0.15, 0.2) is 65.1 Å². The second-order valence-electron chi connectivity index (χ2n) is 8.99. The number of hydrogen-bond acceptors (Lipinski definition) is 6. The largest absolute Gasteiger partial charge is 0.493 e. The molecule has 1 aliphatic heterocycles. The molecule has 0 unspecified atom stereocenters. The van der Waals surface area contributed by atoms with Crippen LogP contribution in [0.25, 0.3) is 0 Å². The molecule has 0 radical (unpaired) electrons. The van der Waals surface area contributed by atoms with Crippen molar-refractivity contribution in [3.63, 3.8) is 0 Å². The van der Waals surface area contributed by atoms with Crippen LogP contribution in [0.5, 0.6) is 11.5 Å². The Hall–Kier alpha value is -3.94. The van der Waals surface area contributed by atoms with Crippen LogP contribution in [0.1, 0.15) is 50.0 Å². The number of hydrogen-bond donors (Lipinski definition) is 1. The molecule has 0 fully saturated rings. The van der Waals surface area contributed by atoms with Crippen molar-refractivity contribution in [1.29, 1.82) is 0 Å². The number of halogens is 1. The maximum atomic E-state index is 13.8. The molecule has 1 N–H and O–H groups in total. The summed E-state index contributed by atoms with van der Waals surface area (Å²) in [6.45, 7) is -0.358. The fourth-order valence-electron chi connectivity index (χ4n) is 5.03. The minimum absolute atomic E-state index is 0.00437. The molecular formula is C28H26FNO6. The minimum atomic E-state index is -0.541. The van der Waals surface area contributed by atoms with Crippen molar-refractivity contribution in [3.05, 3.63) is 76.5 Å². The monoisotopic (exact) mass is 491 g/mol. The lowest BCUT2D eigenvalue weighted by molar-refractivity contribution is -0.119. The van der Waals surface area contributed by atoms with Crippen LogP contribution < -0.4 is 14.8 Å². The van der Waals surface area contributed by atoms with E-state index in [4.69, 9.17) is 14.2 Å². The quantitative estimate of drug-likeness (QED) is 0.613. The lowest BCUT2D eigenvalue weighted by Crippen LogP contribution is -2.30. The molecule has 0 atom stereocenters. The number of para-hydroxylation sites is 1. The first-order valence-electron chi connectivity index (χ1n) is 12.0. The molecule has 0 saturated heterocycles. The molecule has 0 saturated carbocycles. The molecule has 7 nitrogen and oxygen atoms in total. The highest BCUT2D eigenvalue weighted by Gasteiger charge is 2.42. The number of ketones is 2. The summed E-state index contributed by atoms with van der Waals surface area (Å²) in [5.74, 6) is 0.394. The molecule has 1 heterocycles. The number of ether oxygens (including phenoxy) is 3. The maximum Gasteiger partial charge on any atom is 0.262 e. The van der Waals surface area contributed by atoms with E-state index >= 15 is 0 Å². The Balaban J connectivity index is 1.42. The Bertz CT molecular complexity index is 1270. The van der Waals surface area contributed by atoms with Gasteiger partial charge in [0.05, 0.1) is 12.8 Å². The summed E-state index contributed by atoms with van der Waals surface area (Å²) in [5, 5.41) is 2.47. The lowest BCUT2D eigenvalue weighted by Gasteiger charge is -2.36. The van der Waals surface area contributed by atoms with Gasteiger partial charge < -0.3 is 19.5 Å². The summed E-state index contributed by atoms with van der Waals surface area (Å²) < 4.78 is 31.1. The molecule has 8 heteroatoms. The molecule has 0 bridgehead atoms. The van der Waals surface area contributed by atoms with Gasteiger partial charge in [-0.25, -0.2) is 4.39 Å². The van der Waals surface area contributed by atoms with Gasteiger partial charge in [-0.05, 0) is 42.7 Å². The highest BCUT2D eigenvalue weighted by molar-refractivity contribution is 6.05. The Morgan fingerprint density at radius 1 is 0.972 bits per heavy atom. The molecule has 1 amide bonds. The van der Waals surface area contributed by atoms with Crippen LogP contribution in [-0.4, -0.2) is 31.2 Å². The highest BCUT2D eigenvalue weighted by Crippen LogP contribution is 2.48. The molecule has 0 spiro atoms. The lowest BCUT2D eigenvalue weighted by atomic mass is 9.73. The summed E-state index contributed by atoms with van der Waals surface area (Å²) >= 11 is 0. The number of methoxy groups -OCH3 is 1. The number of benzene rings is 2. The van der Waals surface area contributed by atoms with E-state index in [2.05, 4.69) is 5.32 Å². The molecule has 186 valence electrons. The number of allylic oxidation sites excluding steroid dienone is 4. The zero-order valence-electron chi connectivity index (χ0n) is 19.9. The van der Waals surface area contributed by atoms with Gasteiger partial charge >= 0.3 is 0 Å². The first-order chi connectivity index (χ1) is 17.5. The maximum absolute atomic E-state index is 13.8. The third-order valence-corrected chi connectivity index (χ3v) is 6.67. The van der Waals surface area contributed by atoms with Crippen molar-refractivity contribution in [1.82, 2.24) is 0 Å². The summed E-state index contributed by atoms with van der Waals surface area (Å²) in [7, 11) is 1.47. The topological polar surface area (TPSA) is 90.9 Å². The van der Waals surface area contributed by atoms with Gasteiger partial charge in [0.1, 0.15) is 17.3 Å². The zero-order valence-corrected chi connectivity index (χ0v) is 19.9. The van der Waals surface area contributed by atoms with E-state index < -0.39 is 17.6 Å². The smallest absolute Gasteiger partial charge is 0.262 e. The summed E-state index contributed by atoms with van der Waals surface area (Å²) in [6.07, 6.45) is 3.63. The van der Waals surface area contributed by atoms with Gasteiger partial charge in [0.25, 0.3) is 5.91 Å². The van der Waals surface area contributed by atoms with Gasteiger partial charge in [0.15, 0.2) is 29.7 Å². The molecule has 2 aliphatic carbocycles. The fourth-order valence-corrected chi connectivity index (χ4v) is 5.03. The van der Waals surface area contributed by atoms with Crippen LogP contribution in [-0.2, 0) is 19.1 Å². The van der Waals surface area contributed by atoms with Crippen LogP contribution >= 0.6 is 0 Å². The number of Topliss-reactive ketones (excluding diaryl/α,β-unsaturated/α-hetero) is 2. The summed E-state index contributed by atoms with van der Waals surface area (Å²) in [6, 6.07) is 11.0. The van der Waals surface area contributed by atoms with Crippen LogP contribution in [0.4, 0.5) is 10.1 Å². The highest BCUT2D eigenvalue weighted by atomic mass is 19.1. The third-order valence-electron chi connectivity index (χ3n) is 6.67. The van der Waals surface area contributed by atoms with Crippen molar-refractivity contribution in [2.75, 3.05) is 19.0 Å². The van der Waals surface area contributed by atoms with Gasteiger partial charge in [0, 0.05) is 42.7 Å². The van der Waals surface area contributed by atoms with Crippen LogP contribution in [0.3, 0.4) is 0 Å². The van der Waals surface area contributed by atoms with E-state index in [9.17, 15) is 18.8 Å². The average Bonchev–Trinajstić information content (AvgIpc) is 2.88. The SMILES string of the molecule is COc1cc(C2C3=C(CCCC3=O)OC3=C2C(=O)CCC3)ccc1OCC(=O)Nc1ccccc1F. The average molecular weight is 492 g/mol. The molecule has 36 heavy (non-hydrogen) atoms. The van der Waals surface area contributed by atoms with E-state index in [0.717, 1.165) is 18.4 Å². The van der Waals surface area contributed by atoms with Crippen molar-refractivity contribution in [3.8, 4) is 11.5 Å². The normalized spacial score (nSPS) is 17.8. The summed E-state index contributed by atoms with van der Waals surface area (Å²) in [5.41, 5.74) is 1.89. The van der Waals surface area contributed by atoms with E-state index in [1.807, 2.05) is 0 Å². The van der Waals surface area contributed by atoms with Gasteiger partial charge in [-0.3, -0.25) is 14.4 Å². The van der Waals surface area contributed by atoms with Crippen molar-refractivity contribution in [2.45, 2.75) is 44.4 Å². The zero-order chi connectivity index (χ0) is 25.2. The van der Waals surface area contributed by atoms with Crippen molar-refractivity contribution in [2.24, 2.45) is 0 Å². The molecule has 3 aliphatic rings. The van der Waals surface area contributed by atoms with E-state index in [-0.39, 0.29) is 23.9 Å². The Morgan fingerprint density at radius 3 is 2.28 bits per heavy atom. The Kier molecular flexibility index (Phi) is 6.59. The predicted octanol–water partition coefficient (Wildman–Crippen LogP) is 4.98. The predicted molar refractivity (Wildman–Crippen MR) is 129 cm³/mol. The van der Waals surface area contributed by atoms with Gasteiger partial charge in [-0.1, -0.05) is 18.2 Å². The van der Waals surface area contributed by atoms with Crippen LogP contribution in [0, 0.1) is 5.82 Å². The number of amides is 1. The molecule has 0 aromatic heterocycles. The van der Waals surface area contributed by atoms with Gasteiger partial charge in [-0.15, -0.1) is 0 Å². The number of anilines is 1. The standard InChI is InChI=1S/C28H26FNO6/c1-34-24-14-16(12-13-21(24)35-15-25(33)30-18-7-3-2-6-17(18)29)26-27-19(31)8-4-10-22(27)36-23-11-5-9-20(32)28(23)26/h2-3,6-7,12-14,26H,4-5,8-11,15H2,1H3,(H,30,33). The number of nitrogens with one attached hydrogen (secondary N) is 1. The Labute approximate surface area is 207 Å². The summed E-state index contributed by atoms with van der Waals surface area (Å²) in [4.78, 5) is 38.2. The number of carbonyl (C=O) groups is 3. The molecular weight excluding hydrogens is 465 g/mol.